The Morgan fingerprint density at radius 2 is 2.11 bits per heavy atom. The fourth-order valence-corrected chi connectivity index (χ4v) is 2.45. The topological polar surface area (TPSA) is 21.3 Å². The number of benzene rings is 1. The van der Waals surface area contributed by atoms with E-state index in [9.17, 15) is 4.39 Å². The van der Waals surface area contributed by atoms with E-state index in [1.165, 1.54) is 31.7 Å². The van der Waals surface area contributed by atoms with Crippen molar-refractivity contribution in [1.82, 2.24) is 5.32 Å². The van der Waals surface area contributed by atoms with Crippen LogP contribution in [-0.2, 0) is 0 Å². The van der Waals surface area contributed by atoms with Crippen LogP contribution in [0.5, 0.6) is 5.75 Å². The van der Waals surface area contributed by atoms with Gasteiger partial charge in [0.1, 0.15) is 0 Å². The molecule has 100 valence electrons. The summed E-state index contributed by atoms with van der Waals surface area (Å²) in [5.41, 5.74) is 0. The van der Waals surface area contributed by atoms with Crippen molar-refractivity contribution in [3.8, 4) is 5.75 Å². The number of halogens is 2. The van der Waals surface area contributed by atoms with E-state index in [4.69, 9.17) is 16.3 Å². The molecule has 2 nitrogen and oxygen atoms in total. The Balaban J connectivity index is 1.64. The summed E-state index contributed by atoms with van der Waals surface area (Å²) in [7, 11) is 0. The summed E-state index contributed by atoms with van der Waals surface area (Å²) >= 11 is 5.67. The molecule has 0 spiro atoms. The van der Waals surface area contributed by atoms with Crippen LogP contribution in [0.15, 0.2) is 18.2 Å². The molecule has 0 radical (unpaired) electrons. The molecule has 0 aromatic heterocycles. The molecule has 0 atom stereocenters. The third-order valence-corrected chi connectivity index (χ3v) is 3.57. The van der Waals surface area contributed by atoms with E-state index < -0.39 is 5.82 Å². The average molecular weight is 272 g/mol. The standard InChI is InChI=1S/C14H19ClFNO/c15-12-7-3-8-13(14(12)16)18-10-4-9-17-11-5-1-2-6-11/h3,7-8,11,17H,1-2,4-6,9-10H2. The molecule has 4 heteroatoms. The minimum Gasteiger partial charge on any atom is -0.490 e. The van der Waals surface area contributed by atoms with E-state index in [-0.39, 0.29) is 10.8 Å². The second kappa shape index (κ2) is 6.95. The Hall–Kier alpha value is -0.800. The summed E-state index contributed by atoms with van der Waals surface area (Å²) in [6.07, 6.45) is 6.11. The van der Waals surface area contributed by atoms with E-state index >= 15 is 0 Å². The van der Waals surface area contributed by atoms with E-state index in [1.807, 2.05) is 0 Å². The predicted octanol–water partition coefficient (Wildman–Crippen LogP) is 3.78. The highest BCUT2D eigenvalue weighted by molar-refractivity contribution is 6.30. The van der Waals surface area contributed by atoms with Crippen LogP contribution >= 0.6 is 11.6 Å². The first kappa shape index (κ1) is 13.6. The fourth-order valence-electron chi connectivity index (χ4n) is 2.29. The first-order valence-corrected chi connectivity index (χ1v) is 6.95. The van der Waals surface area contributed by atoms with Crippen molar-refractivity contribution in [2.24, 2.45) is 0 Å². The van der Waals surface area contributed by atoms with Crippen LogP contribution in [-0.4, -0.2) is 19.2 Å². The lowest BCUT2D eigenvalue weighted by atomic mass is 10.2. The van der Waals surface area contributed by atoms with Crippen LogP contribution in [0.3, 0.4) is 0 Å². The van der Waals surface area contributed by atoms with Gasteiger partial charge in [0.2, 0.25) is 0 Å². The Labute approximate surface area is 112 Å². The van der Waals surface area contributed by atoms with Gasteiger partial charge >= 0.3 is 0 Å². The van der Waals surface area contributed by atoms with Gasteiger partial charge in [0.05, 0.1) is 11.6 Å². The lowest BCUT2D eigenvalue weighted by Gasteiger charge is -2.12. The lowest BCUT2D eigenvalue weighted by Crippen LogP contribution is -2.27. The molecule has 18 heavy (non-hydrogen) atoms. The maximum atomic E-state index is 13.5. The van der Waals surface area contributed by atoms with E-state index in [0.29, 0.717) is 12.6 Å². The van der Waals surface area contributed by atoms with Crippen molar-refractivity contribution >= 4 is 11.6 Å². The third kappa shape index (κ3) is 3.85. The van der Waals surface area contributed by atoms with Gasteiger partial charge in [-0.1, -0.05) is 30.5 Å². The zero-order valence-corrected chi connectivity index (χ0v) is 11.2. The summed E-state index contributed by atoms with van der Waals surface area (Å²) < 4.78 is 18.9. The highest BCUT2D eigenvalue weighted by atomic mass is 35.5. The van der Waals surface area contributed by atoms with Crippen LogP contribution in [0, 0.1) is 5.82 Å². The van der Waals surface area contributed by atoms with E-state index in [2.05, 4.69) is 5.32 Å². The fraction of sp³-hybridized carbons (Fsp3) is 0.571. The van der Waals surface area contributed by atoms with Crippen LogP contribution in [0.25, 0.3) is 0 Å². The lowest BCUT2D eigenvalue weighted by molar-refractivity contribution is 0.290. The Morgan fingerprint density at radius 3 is 2.89 bits per heavy atom. The quantitative estimate of drug-likeness (QED) is 0.795. The Bertz CT molecular complexity index is 380. The molecule has 0 saturated heterocycles. The number of hydrogen-bond donors (Lipinski definition) is 1. The van der Waals surface area contributed by atoms with Gasteiger partial charge in [0.25, 0.3) is 0 Å². The summed E-state index contributed by atoms with van der Waals surface area (Å²) in [6, 6.07) is 5.49. The van der Waals surface area contributed by atoms with E-state index in [1.54, 1.807) is 12.1 Å². The van der Waals surface area contributed by atoms with Gasteiger partial charge in [-0.25, -0.2) is 4.39 Å². The largest absolute Gasteiger partial charge is 0.490 e. The average Bonchev–Trinajstić information content (AvgIpc) is 2.87. The van der Waals surface area contributed by atoms with Crippen LogP contribution in [0.1, 0.15) is 32.1 Å². The van der Waals surface area contributed by atoms with Crippen LogP contribution < -0.4 is 10.1 Å². The Morgan fingerprint density at radius 1 is 1.33 bits per heavy atom. The molecular formula is C14H19ClFNO. The molecule has 1 aromatic carbocycles. The smallest absolute Gasteiger partial charge is 0.183 e. The molecule has 1 saturated carbocycles. The maximum absolute atomic E-state index is 13.5. The molecule has 1 aliphatic rings. The summed E-state index contributed by atoms with van der Waals surface area (Å²) in [6.45, 7) is 1.43. The molecule has 1 aromatic rings. The van der Waals surface area contributed by atoms with Gasteiger partial charge in [-0.2, -0.15) is 0 Å². The van der Waals surface area contributed by atoms with Gasteiger partial charge in [-0.05, 0) is 37.9 Å². The maximum Gasteiger partial charge on any atom is 0.183 e. The molecule has 0 unspecified atom stereocenters. The van der Waals surface area contributed by atoms with Crippen LogP contribution in [0.2, 0.25) is 5.02 Å². The van der Waals surface area contributed by atoms with Gasteiger partial charge in [0.15, 0.2) is 11.6 Å². The van der Waals surface area contributed by atoms with Crippen molar-refractivity contribution < 1.29 is 9.13 Å². The molecule has 0 amide bonds. The van der Waals surface area contributed by atoms with E-state index in [0.717, 1.165) is 13.0 Å². The minimum absolute atomic E-state index is 0.108. The van der Waals surface area contributed by atoms with Crippen molar-refractivity contribution in [1.29, 1.82) is 0 Å². The van der Waals surface area contributed by atoms with Gasteiger partial charge in [0, 0.05) is 6.04 Å². The van der Waals surface area contributed by atoms with Gasteiger partial charge in [-0.15, -0.1) is 0 Å². The van der Waals surface area contributed by atoms with Crippen molar-refractivity contribution in [2.45, 2.75) is 38.1 Å². The number of rotatable bonds is 6. The molecular weight excluding hydrogens is 253 g/mol. The normalized spacial score (nSPS) is 16.1. The highest BCUT2D eigenvalue weighted by Gasteiger charge is 2.13. The monoisotopic (exact) mass is 271 g/mol. The van der Waals surface area contributed by atoms with Crippen LogP contribution in [0.4, 0.5) is 4.39 Å². The summed E-state index contributed by atoms with van der Waals surface area (Å²) in [5, 5.41) is 3.60. The first-order chi connectivity index (χ1) is 8.77. The van der Waals surface area contributed by atoms with Crippen molar-refractivity contribution in [2.75, 3.05) is 13.2 Å². The van der Waals surface area contributed by atoms with Gasteiger partial charge in [-0.3, -0.25) is 0 Å². The summed E-state index contributed by atoms with van der Waals surface area (Å²) in [5.74, 6) is -0.230. The number of hydrogen-bond acceptors (Lipinski definition) is 2. The third-order valence-electron chi connectivity index (χ3n) is 3.28. The predicted molar refractivity (Wildman–Crippen MR) is 71.8 cm³/mol. The summed E-state index contributed by atoms with van der Waals surface area (Å²) in [4.78, 5) is 0. The Kier molecular flexibility index (Phi) is 5.26. The minimum atomic E-state index is -0.470. The zero-order chi connectivity index (χ0) is 12.8. The SMILES string of the molecule is Fc1c(Cl)cccc1OCCCNC1CCCC1. The number of nitrogens with one attached hydrogen (secondary N) is 1. The molecule has 2 rings (SSSR count). The van der Waals surface area contributed by atoms with Crippen molar-refractivity contribution in [3.63, 3.8) is 0 Å². The molecule has 1 N–H and O–H groups in total. The second-order valence-electron chi connectivity index (χ2n) is 4.69. The zero-order valence-electron chi connectivity index (χ0n) is 10.4. The van der Waals surface area contributed by atoms with Crippen molar-refractivity contribution in [3.05, 3.63) is 29.0 Å². The molecule has 1 fully saturated rings. The number of ether oxygens (including phenoxy) is 1. The highest BCUT2D eigenvalue weighted by Crippen LogP contribution is 2.24. The molecule has 0 heterocycles. The van der Waals surface area contributed by atoms with Gasteiger partial charge < -0.3 is 10.1 Å². The first-order valence-electron chi connectivity index (χ1n) is 6.57. The second-order valence-corrected chi connectivity index (χ2v) is 5.10. The molecule has 1 aliphatic carbocycles. The molecule has 0 bridgehead atoms. The molecule has 0 aliphatic heterocycles.